The maximum atomic E-state index is 12.2. The molecule has 8 heteroatoms. The molecule has 1 atom stereocenters. The Hall–Kier alpha value is -3.16. The summed E-state index contributed by atoms with van der Waals surface area (Å²) in [5.41, 5.74) is 2.40. The summed E-state index contributed by atoms with van der Waals surface area (Å²) in [4.78, 5) is 12.2. The Morgan fingerprint density at radius 3 is 3.00 bits per heavy atom. The van der Waals surface area contributed by atoms with Crippen LogP contribution in [-0.4, -0.2) is 32.6 Å². The summed E-state index contributed by atoms with van der Waals surface area (Å²) in [7, 11) is 0. The maximum absolute atomic E-state index is 12.2. The van der Waals surface area contributed by atoms with Crippen LogP contribution < -0.4 is 10.6 Å². The zero-order valence-corrected chi connectivity index (χ0v) is 14.1. The fourth-order valence-electron chi connectivity index (χ4n) is 2.41. The van der Waals surface area contributed by atoms with Crippen LogP contribution >= 0.6 is 0 Å². The SMILES string of the molecule is Cc1ccc(-c2nnco2)cc1NC(=O)NC[C@H](C)Cn1cccn1. The zero-order chi connectivity index (χ0) is 17.6. The second-order valence-corrected chi connectivity index (χ2v) is 5.94. The summed E-state index contributed by atoms with van der Waals surface area (Å²) >= 11 is 0. The van der Waals surface area contributed by atoms with Crippen molar-refractivity contribution in [2.24, 2.45) is 5.92 Å². The van der Waals surface area contributed by atoms with E-state index in [0.29, 0.717) is 18.1 Å². The number of hydrogen-bond donors (Lipinski definition) is 2. The van der Waals surface area contributed by atoms with Gasteiger partial charge in [0.25, 0.3) is 0 Å². The van der Waals surface area contributed by atoms with E-state index in [1.54, 1.807) is 6.20 Å². The van der Waals surface area contributed by atoms with Crippen LogP contribution in [0, 0.1) is 12.8 Å². The summed E-state index contributed by atoms with van der Waals surface area (Å²) < 4.78 is 7.04. The van der Waals surface area contributed by atoms with Crippen LogP contribution in [-0.2, 0) is 6.54 Å². The number of nitrogens with zero attached hydrogens (tertiary/aromatic N) is 4. The molecule has 0 saturated carbocycles. The number of urea groups is 1. The molecule has 1 aromatic carbocycles. The average molecular weight is 340 g/mol. The van der Waals surface area contributed by atoms with E-state index < -0.39 is 0 Å². The fraction of sp³-hybridized carbons (Fsp3) is 0.294. The minimum atomic E-state index is -0.252. The number of rotatable bonds is 6. The molecule has 0 saturated heterocycles. The molecular weight excluding hydrogens is 320 g/mol. The van der Waals surface area contributed by atoms with Crippen molar-refractivity contribution in [3.8, 4) is 11.5 Å². The number of hydrogen-bond acceptors (Lipinski definition) is 5. The molecule has 0 spiro atoms. The first-order valence-corrected chi connectivity index (χ1v) is 8.01. The van der Waals surface area contributed by atoms with E-state index in [9.17, 15) is 4.79 Å². The van der Waals surface area contributed by atoms with Crippen LogP contribution in [0.4, 0.5) is 10.5 Å². The van der Waals surface area contributed by atoms with Gasteiger partial charge in [-0.2, -0.15) is 5.10 Å². The molecule has 2 amide bonds. The van der Waals surface area contributed by atoms with Gasteiger partial charge in [-0.15, -0.1) is 10.2 Å². The number of carbonyl (C=O) groups is 1. The van der Waals surface area contributed by atoms with Gasteiger partial charge in [0.05, 0.1) is 0 Å². The highest BCUT2D eigenvalue weighted by Gasteiger charge is 2.10. The van der Waals surface area contributed by atoms with Gasteiger partial charge in [0.1, 0.15) is 0 Å². The third kappa shape index (κ3) is 4.43. The van der Waals surface area contributed by atoms with Crippen LogP contribution in [0.1, 0.15) is 12.5 Å². The van der Waals surface area contributed by atoms with Crippen molar-refractivity contribution in [1.82, 2.24) is 25.3 Å². The van der Waals surface area contributed by atoms with Crippen molar-refractivity contribution >= 4 is 11.7 Å². The fourth-order valence-corrected chi connectivity index (χ4v) is 2.41. The van der Waals surface area contributed by atoms with E-state index in [1.165, 1.54) is 6.39 Å². The largest absolute Gasteiger partial charge is 0.423 e. The standard InChI is InChI=1S/C17H20N6O2/c1-12(10-23-7-3-6-20-23)9-18-17(24)21-15-8-14(5-4-13(15)2)16-22-19-11-25-16/h3-8,11-12H,9-10H2,1-2H3,(H2,18,21,24)/t12-/m0/s1. The molecule has 0 aliphatic rings. The third-order valence-corrected chi connectivity index (χ3v) is 3.76. The smallest absolute Gasteiger partial charge is 0.319 e. The lowest BCUT2D eigenvalue weighted by molar-refractivity contribution is 0.249. The lowest BCUT2D eigenvalue weighted by atomic mass is 10.1. The average Bonchev–Trinajstić information content (AvgIpc) is 3.28. The molecule has 0 bridgehead atoms. The third-order valence-electron chi connectivity index (χ3n) is 3.76. The Kier molecular flexibility index (Phi) is 5.08. The Balaban J connectivity index is 1.56. The highest BCUT2D eigenvalue weighted by Crippen LogP contribution is 2.23. The number of carbonyl (C=O) groups excluding carboxylic acids is 1. The first kappa shape index (κ1) is 16.7. The van der Waals surface area contributed by atoms with Crippen LogP contribution in [0.5, 0.6) is 0 Å². The topological polar surface area (TPSA) is 97.9 Å². The van der Waals surface area contributed by atoms with Crippen molar-refractivity contribution in [2.45, 2.75) is 20.4 Å². The summed E-state index contributed by atoms with van der Waals surface area (Å²) in [6.45, 7) is 5.28. The second-order valence-electron chi connectivity index (χ2n) is 5.94. The number of anilines is 1. The molecule has 2 aromatic heterocycles. The van der Waals surface area contributed by atoms with E-state index in [-0.39, 0.29) is 11.9 Å². The van der Waals surface area contributed by atoms with Gasteiger partial charge in [0, 0.05) is 36.7 Å². The molecule has 0 radical (unpaired) electrons. The van der Waals surface area contributed by atoms with Gasteiger partial charge in [0.15, 0.2) is 0 Å². The summed E-state index contributed by atoms with van der Waals surface area (Å²) in [6, 6.07) is 7.22. The summed E-state index contributed by atoms with van der Waals surface area (Å²) in [5.74, 6) is 0.674. The van der Waals surface area contributed by atoms with Crippen LogP contribution in [0.3, 0.4) is 0 Å². The molecule has 2 N–H and O–H groups in total. The Labute approximate surface area is 145 Å². The molecule has 130 valence electrons. The van der Waals surface area contributed by atoms with E-state index in [4.69, 9.17) is 4.42 Å². The van der Waals surface area contributed by atoms with Gasteiger partial charge in [-0.05, 0) is 36.6 Å². The normalized spacial score (nSPS) is 11.9. The highest BCUT2D eigenvalue weighted by molar-refractivity contribution is 5.90. The Bertz CT molecular complexity index is 814. The lowest BCUT2D eigenvalue weighted by Crippen LogP contribution is -2.33. The van der Waals surface area contributed by atoms with Gasteiger partial charge in [-0.1, -0.05) is 13.0 Å². The lowest BCUT2D eigenvalue weighted by Gasteiger charge is -2.14. The number of amides is 2. The predicted molar refractivity (Wildman–Crippen MR) is 92.9 cm³/mol. The number of nitrogens with one attached hydrogen (secondary N) is 2. The number of aryl methyl sites for hydroxylation is 1. The predicted octanol–water partition coefficient (Wildman–Crippen LogP) is 2.70. The molecule has 0 fully saturated rings. The van der Waals surface area contributed by atoms with Gasteiger partial charge < -0.3 is 15.1 Å². The molecule has 25 heavy (non-hydrogen) atoms. The molecule has 2 heterocycles. The van der Waals surface area contributed by atoms with Gasteiger partial charge in [0.2, 0.25) is 12.3 Å². The van der Waals surface area contributed by atoms with Crippen LogP contribution in [0.25, 0.3) is 11.5 Å². The van der Waals surface area contributed by atoms with E-state index >= 15 is 0 Å². The molecular formula is C17H20N6O2. The first-order chi connectivity index (χ1) is 12.1. The monoisotopic (exact) mass is 340 g/mol. The van der Waals surface area contributed by atoms with E-state index in [0.717, 1.165) is 17.7 Å². The number of aromatic nitrogens is 4. The van der Waals surface area contributed by atoms with Gasteiger partial charge in [-0.25, -0.2) is 4.79 Å². The van der Waals surface area contributed by atoms with E-state index in [1.807, 2.05) is 42.1 Å². The maximum Gasteiger partial charge on any atom is 0.319 e. The van der Waals surface area contributed by atoms with Crippen LogP contribution in [0.2, 0.25) is 0 Å². The van der Waals surface area contributed by atoms with Gasteiger partial charge in [-0.3, -0.25) is 4.68 Å². The van der Waals surface area contributed by atoms with E-state index in [2.05, 4.69) is 32.9 Å². The Morgan fingerprint density at radius 1 is 1.40 bits per heavy atom. The number of benzene rings is 1. The summed E-state index contributed by atoms with van der Waals surface area (Å²) in [6.07, 6.45) is 4.92. The van der Waals surface area contributed by atoms with Crippen molar-refractivity contribution in [3.63, 3.8) is 0 Å². The molecule has 8 nitrogen and oxygen atoms in total. The van der Waals surface area contributed by atoms with Crippen molar-refractivity contribution < 1.29 is 9.21 Å². The van der Waals surface area contributed by atoms with Crippen molar-refractivity contribution in [3.05, 3.63) is 48.6 Å². The molecule has 0 aliphatic heterocycles. The minimum Gasteiger partial charge on any atom is -0.423 e. The highest BCUT2D eigenvalue weighted by atomic mass is 16.4. The second kappa shape index (κ2) is 7.61. The minimum absolute atomic E-state index is 0.252. The van der Waals surface area contributed by atoms with Gasteiger partial charge >= 0.3 is 6.03 Å². The van der Waals surface area contributed by atoms with Crippen molar-refractivity contribution in [1.29, 1.82) is 0 Å². The van der Waals surface area contributed by atoms with Crippen LogP contribution in [0.15, 0.2) is 47.5 Å². The zero-order valence-electron chi connectivity index (χ0n) is 14.1. The quantitative estimate of drug-likeness (QED) is 0.719. The Morgan fingerprint density at radius 2 is 2.28 bits per heavy atom. The summed E-state index contributed by atoms with van der Waals surface area (Å²) in [5, 5.41) is 17.5. The molecule has 0 unspecified atom stereocenters. The first-order valence-electron chi connectivity index (χ1n) is 8.01. The molecule has 3 aromatic rings. The molecule has 3 rings (SSSR count). The van der Waals surface area contributed by atoms with Crippen molar-refractivity contribution in [2.75, 3.05) is 11.9 Å². The molecule has 0 aliphatic carbocycles.